The molecule has 0 amide bonds. The van der Waals surface area contributed by atoms with Crippen molar-refractivity contribution in [3.8, 4) is 0 Å². The Morgan fingerprint density at radius 3 is 2.38 bits per heavy atom. The molecule has 3 aromatic rings. The standard InChI is InChI=1S/C26H25ClN4O/c1-2-18-3-5-20(6-4-18)26-28-24-12-9-21(27)17-23(24)25(29-30-26)19-7-10-22(11-8-19)31-13-15-32-16-14-31/h3-12,17H,2,13-16H2,1H3,(H,28,30). The van der Waals surface area contributed by atoms with Crippen molar-refractivity contribution in [2.45, 2.75) is 13.3 Å². The van der Waals surface area contributed by atoms with Crippen LogP contribution in [0.5, 0.6) is 0 Å². The number of rotatable bonds is 4. The number of hydrogen-bond acceptors (Lipinski definition) is 5. The number of nitrogens with one attached hydrogen (secondary N) is 1. The van der Waals surface area contributed by atoms with Crippen LogP contribution in [0.25, 0.3) is 0 Å². The molecule has 162 valence electrons. The molecule has 3 aromatic carbocycles. The maximum absolute atomic E-state index is 6.35. The van der Waals surface area contributed by atoms with E-state index in [1.165, 1.54) is 11.3 Å². The monoisotopic (exact) mass is 444 g/mol. The van der Waals surface area contributed by atoms with Gasteiger partial charge >= 0.3 is 0 Å². The van der Waals surface area contributed by atoms with Crippen molar-refractivity contribution >= 4 is 34.5 Å². The van der Waals surface area contributed by atoms with Crippen LogP contribution in [0.15, 0.2) is 76.8 Å². The average molecular weight is 445 g/mol. The van der Waals surface area contributed by atoms with Gasteiger partial charge in [-0.3, -0.25) is 5.43 Å². The lowest BCUT2D eigenvalue weighted by molar-refractivity contribution is 0.122. The normalized spacial score (nSPS) is 15.9. The Kier molecular flexibility index (Phi) is 5.93. The van der Waals surface area contributed by atoms with E-state index in [0.717, 1.165) is 66.6 Å². The molecule has 0 bridgehead atoms. The number of anilines is 1. The van der Waals surface area contributed by atoms with Crippen LogP contribution in [0.1, 0.15) is 29.2 Å². The molecule has 5 rings (SSSR count). The highest BCUT2D eigenvalue weighted by Gasteiger charge is 2.19. The molecule has 0 unspecified atom stereocenters. The first-order valence-electron chi connectivity index (χ1n) is 11.0. The number of aryl methyl sites for hydroxylation is 1. The molecule has 1 fully saturated rings. The topological polar surface area (TPSA) is 49.2 Å². The van der Waals surface area contributed by atoms with Crippen LogP contribution >= 0.6 is 11.6 Å². The smallest absolute Gasteiger partial charge is 0.154 e. The first kappa shape index (κ1) is 20.7. The molecule has 0 spiro atoms. The largest absolute Gasteiger partial charge is 0.378 e. The van der Waals surface area contributed by atoms with Gasteiger partial charge in [-0.15, -0.1) is 0 Å². The van der Waals surface area contributed by atoms with Crippen LogP contribution in [0.4, 0.5) is 11.4 Å². The first-order valence-corrected chi connectivity index (χ1v) is 11.3. The molecular formula is C26H25ClN4O. The third-order valence-electron chi connectivity index (χ3n) is 5.87. The van der Waals surface area contributed by atoms with Crippen LogP contribution in [0.2, 0.25) is 5.02 Å². The fraction of sp³-hybridized carbons (Fsp3) is 0.231. The van der Waals surface area contributed by atoms with Crippen molar-refractivity contribution in [3.63, 3.8) is 0 Å². The molecular weight excluding hydrogens is 420 g/mol. The average Bonchev–Trinajstić information content (AvgIpc) is 3.04. The second-order valence-electron chi connectivity index (χ2n) is 7.89. The van der Waals surface area contributed by atoms with E-state index < -0.39 is 0 Å². The number of fused-ring (bicyclic) bond motifs is 1. The Hall–Kier alpha value is -3.15. The Morgan fingerprint density at radius 2 is 1.66 bits per heavy atom. The Labute approximate surface area is 193 Å². The number of morpholine rings is 1. The number of ether oxygens (including phenoxy) is 1. The molecule has 2 heterocycles. The van der Waals surface area contributed by atoms with Crippen molar-refractivity contribution in [1.29, 1.82) is 0 Å². The maximum Gasteiger partial charge on any atom is 0.154 e. The summed E-state index contributed by atoms with van der Waals surface area (Å²) in [6, 6.07) is 22.7. The van der Waals surface area contributed by atoms with Crippen molar-refractivity contribution in [2.24, 2.45) is 10.1 Å². The third kappa shape index (κ3) is 4.27. The molecule has 0 radical (unpaired) electrons. The SMILES string of the molecule is CCc1ccc(C2=Nc3ccc(Cl)cc3C(c3ccc(N4CCOCC4)cc3)=NN2)cc1. The number of hydrazone groups is 1. The van der Waals surface area contributed by atoms with Gasteiger partial charge in [0.2, 0.25) is 0 Å². The molecule has 0 aliphatic carbocycles. The van der Waals surface area contributed by atoms with Crippen molar-refractivity contribution in [3.05, 3.63) is 94.0 Å². The molecule has 2 aliphatic heterocycles. The number of amidine groups is 1. The minimum atomic E-state index is 0.660. The highest BCUT2D eigenvalue weighted by molar-refractivity contribution is 6.31. The van der Waals surface area contributed by atoms with Crippen LogP contribution in [0, 0.1) is 0 Å². The predicted octanol–water partition coefficient (Wildman–Crippen LogP) is 5.17. The highest BCUT2D eigenvalue weighted by atomic mass is 35.5. The summed E-state index contributed by atoms with van der Waals surface area (Å²) in [7, 11) is 0. The molecule has 2 aliphatic rings. The fourth-order valence-corrected chi connectivity index (χ4v) is 4.18. The van der Waals surface area contributed by atoms with E-state index in [-0.39, 0.29) is 0 Å². The van der Waals surface area contributed by atoms with Gasteiger partial charge in [0.05, 0.1) is 18.9 Å². The fourth-order valence-electron chi connectivity index (χ4n) is 4.01. The minimum absolute atomic E-state index is 0.660. The van der Waals surface area contributed by atoms with Gasteiger partial charge in [0.1, 0.15) is 5.71 Å². The number of halogens is 1. The number of aliphatic imine (C=N–C) groups is 1. The number of benzene rings is 3. The van der Waals surface area contributed by atoms with Crippen molar-refractivity contribution < 1.29 is 4.74 Å². The highest BCUT2D eigenvalue weighted by Crippen LogP contribution is 2.29. The van der Waals surface area contributed by atoms with Gasteiger partial charge in [0, 0.05) is 40.5 Å². The van der Waals surface area contributed by atoms with E-state index in [1.54, 1.807) is 0 Å². The zero-order valence-electron chi connectivity index (χ0n) is 18.0. The van der Waals surface area contributed by atoms with Crippen LogP contribution in [-0.4, -0.2) is 37.9 Å². The van der Waals surface area contributed by atoms with E-state index >= 15 is 0 Å². The van der Waals surface area contributed by atoms with Crippen LogP contribution in [0.3, 0.4) is 0 Å². The van der Waals surface area contributed by atoms with E-state index in [1.807, 2.05) is 18.2 Å². The summed E-state index contributed by atoms with van der Waals surface area (Å²) in [4.78, 5) is 7.22. The quantitative estimate of drug-likeness (QED) is 0.603. The van der Waals surface area contributed by atoms with Crippen LogP contribution < -0.4 is 10.3 Å². The van der Waals surface area contributed by atoms with Gasteiger partial charge in [-0.1, -0.05) is 54.9 Å². The van der Waals surface area contributed by atoms with Crippen LogP contribution in [-0.2, 0) is 11.2 Å². The van der Waals surface area contributed by atoms with Gasteiger partial charge in [0.15, 0.2) is 5.84 Å². The molecule has 0 atom stereocenters. The molecule has 0 saturated carbocycles. The summed E-state index contributed by atoms with van der Waals surface area (Å²) in [6.07, 6.45) is 1.00. The summed E-state index contributed by atoms with van der Waals surface area (Å²) in [5.41, 5.74) is 10.3. The predicted molar refractivity (Wildman–Crippen MR) is 132 cm³/mol. The summed E-state index contributed by atoms with van der Waals surface area (Å²) in [6.45, 7) is 5.51. The van der Waals surface area contributed by atoms with Crippen molar-refractivity contribution in [2.75, 3.05) is 31.2 Å². The molecule has 1 saturated heterocycles. The van der Waals surface area contributed by atoms with E-state index in [0.29, 0.717) is 5.02 Å². The van der Waals surface area contributed by atoms with Gasteiger partial charge < -0.3 is 9.64 Å². The molecule has 6 heteroatoms. The second kappa shape index (κ2) is 9.15. The summed E-state index contributed by atoms with van der Waals surface area (Å²) in [5, 5.41) is 5.42. The third-order valence-corrected chi connectivity index (χ3v) is 6.11. The lowest BCUT2D eigenvalue weighted by Crippen LogP contribution is -2.36. The molecule has 0 aromatic heterocycles. The van der Waals surface area contributed by atoms with Gasteiger partial charge in [-0.2, -0.15) is 5.10 Å². The first-order chi connectivity index (χ1) is 15.7. The summed E-state index contributed by atoms with van der Waals surface area (Å²) in [5.74, 6) is 0.719. The maximum atomic E-state index is 6.35. The van der Waals surface area contributed by atoms with Gasteiger partial charge in [-0.05, 0) is 42.3 Å². The van der Waals surface area contributed by atoms with Crippen molar-refractivity contribution in [1.82, 2.24) is 5.43 Å². The minimum Gasteiger partial charge on any atom is -0.378 e. The second-order valence-corrected chi connectivity index (χ2v) is 8.33. The zero-order chi connectivity index (χ0) is 21.9. The number of hydrogen-bond donors (Lipinski definition) is 1. The Bertz CT molecular complexity index is 1160. The Balaban J connectivity index is 1.50. The Morgan fingerprint density at radius 1 is 0.938 bits per heavy atom. The molecule has 5 nitrogen and oxygen atoms in total. The summed E-state index contributed by atoms with van der Waals surface area (Å²) >= 11 is 6.35. The lowest BCUT2D eigenvalue weighted by atomic mass is 10.0. The van der Waals surface area contributed by atoms with Gasteiger partial charge in [-0.25, -0.2) is 4.99 Å². The lowest BCUT2D eigenvalue weighted by Gasteiger charge is -2.29. The number of nitrogens with zero attached hydrogens (tertiary/aromatic N) is 3. The zero-order valence-corrected chi connectivity index (χ0v) is 18.8. The van der Waals surface area contributed by atoms with Gasteiger partial charge in [0.25, 0.3) is 0 Å². The summed E-state index contributed by atoms with van der Waals surface area (Å²) < 4.78 is 5.47. The van der Waals surface area contributed by atoms with E-state index in [4.69, 9.17) is 26.4 Å². The molecule has 32 heavy (non-hydrogen) atoms. The van der Waals surface area contributed by atoms with E-state index in [2.05, 4.69) is 65.8 Å². The molecule has 1 N–H and O–H groups in total. The van der Waals surface area contributed by atoms with E-state index in [9.17, 15) is 0 Å².